The van der Waals surface area contributed by atoms with E-state index in [0.29, 0.717) is 23.6 Å². The number of fused-ring (bicyclic) bond motifs is 2. The molecule has 4 heterocycles. The van der Waals surface area contributed by atoms with E-state index in [2.05, 4.69) is 31.2 Å². The Bertz CT molecular complexity index is 1410. The average molecular weight is 488 g/mol. The highest BCUT2D eigenvalue weighted by Gasteiger charge is 2.43. The number of aliphatic hydroxyl groups is 1. The summed E-state index contributed by atoms with van der Waals surface area (Å²) in [5.41, 5.74) is 4.41. The number of hydrogen-bond donors (Lipinski definition) is 3. The molecule has 0 spiro atoms. The van der Waals surface area contributed by atoms with E-state index < -0.39 is 5.60 Å². The lowest BCUT2D eigenvalue weighted by molar-refractivity contribution is 0.0587. The third-order valence-corrected chi connectivity index (χ3v) is 7.60. The molecule has 3 atom stereocenters. The molecule has 1 saturated heterocycles. The number of carbonyl (C=O) groups is 1. The minimum Gasteiger partial charge on any atom is -0.389 e. The number of benzene rings is 1. The molecule has 0 unspecified atom stereocenters. The first-order valence-corrected chi connectivity index (χ1v) is 12.2. The van der Waals surface area contributed by atoms with Crippen molar-refractivity contribution in [3.63, 3.8) is 0 Å². The molecule has 1 amide bonds. The fourth-order valence-corrected chi connectivity index (χ4v) is 5.82. The molecule has 6 rings (SSSR count). The quantitative estimate of drug-likeness (QED) is 0.402. The third kappa shape index (κ3) is 3.99. The largest absolute Gasteiger partial charge is 0.389 e. The number of rotatable bonds is 4. The Morgan fingerprint density at radius 2 is 2.11 bits per heavy atom. The lowest BCUT2D eigenvalue weighted by Crippen LogP contribution is -2.45. The van der Waals surface area contributed by atoms with Gasteiger partial charge < -0.3 is 15.4 Å². The van der Waals surface area contributed by atoms with E-state index in [1.807, 2.05) is 43.5 Å². The number of likely N-dealkylation sites (tertiary alicyclic amines) is 1. The smallest absolute Gasteiger partial charge is 0.253 e. The van der Waals surface area contributed by atoms with Crippen molar-refractivity contribution in [1.82, 2.24) is 25.2 Å². The number of hydrogen-bond acceptors (Lipinski definition) is 5. The van der Waals surface area contributed by atoms with Crippen LogP contribution in [0.2, 0.25) is 5.02 Å². The summed E-state index contributed by atoms with van der Waals surface area (Å²) < 4.78 is 0. The summed E-state index contributed by atoms with van der Waals surface area (Å²) in [5.74, 6) is -0.195. The maximum atomic E-state index is 13.4. The van der Waals surface area contributed by atoms with Gasteiger partial charge in [0.2, 0.25) is 0 Å². The summed E-state index contributed by atoms with van der Waals surface area (Å²) in [6.07, 6.45) is 6.70. The predicted octanol–water partition coefficient (Wildman–Crippen LogP) is 4.13. The maximum Gasteiger partial charge on any atom is 0.253 e. The highest BCUT2D eigenvalue weighted by atomic mass is 35.5. The molecule has 1 aromatic carbocycles. The first-order valence-electron chi connectivity index (χ1n) is 11.8. The van der Waals surface area contributed by atoms with Crippen LogP contribution in [0.1, 0.15) is 40.9 Å². The Balaban J connectivity index is 1.27. The molecule has 7 nitrogen and oxygen atoms in total. The molecule has 4 aromatic rings. The molecule has 3 aromatic heterocycles. The highest BCUT2D eigenvalue weighted by Crippen LogP contribution is 2.41. The van der Waals surface area contributed by atoms with Crippen LogP contribution in [0, 0.1) is 0 Å². The van der Waals surface area contributed by atoms with Crippen LogP contribution in [-0.2, 0) is 6.42 Å². The minimum absolute atomic E-state index is 0.0359. The Morgan fingerprint density at radius 1 is 1.23 bits per heavy atom. The molecule has 8 heteroatoms. The Kier molecular flexibility index (Phi) is 5.36. The van der Waals surface area contributed by atoms with Gasteiger partial charge in [-0.25, -0.2) is 4.98 Å². The SMILES string of the molecule is C[C@]1(O)CCN([C@@H]2Cc3cccc(Cl)c3[C@H]2NC(=O)c2ccc(-c3ccnc4[nH]ccc34)nc2)C1. The van der Waals surface area contributed by atoms with E-state index in [1.165, 1.54) is 0 Å². The van der Waals surface area contributed by atoms with Crippen molar-refractivity contribution < 1.29 is 9.90 Å². The Hall–Kier alpha value is -3.26. The zero-order valence-electron chi connectivity index (χ0n) is 19.3. The summed E-state index contributed by atoms with van der Waals surface area (Å²) in [5, 5.41) is 15.4. The third-order valence-electron chi connectivity index (χ3n) is 7.27. The van der Waals surface area contributed by atoms with Crippen LogP contribution in [0.5, 0.6) is 0 Å². The van der Waals surface area contributed by atoms with Crippen molar-refractivity contribution in [3.05, 3.63) is 82.8 Å². The molecule has 1 fully saturated rings. The van der Waals surface area contributed by atoms with Gasteiger partial charge in [0.15, 0.2) is 0 Å². The normalized spacial score (nSPS) is 24.1. The van der Waals surface area contributed by atoms with E-state index in [4.69, 9.17) is 11.6 Å². The summed E-state index contributed by atoms with van der Waals surface area (Å²) in [4.78, 5) is 27.6. The van der Waals surface area contributed by atoms with Gasteiger partial charge in [-0.05, 0) is 61.2 Å². The second-order valence-electron chi connectivity index (χ2n) is 9.78. The molecular formula is C27H26ClN5O2. The fraction of sp³-hybridized carbons (Fsp3) is 0.296. The van der Waals surface area contributed by atoms with Crippen molar-refractivity contribution in [2.75, 3.05) is 13.1 Å². The van der Waals surface area contributed by atoms with Crippen molar-refractivity contribution in [2.24, 2.45) is 0 Å². The molecule has 0 bridgehead atoms. The minimum atomic E-state index is -0.718. The highest BCUT2D eigenvalue weighted by molar-refractivity contribution is 6.31. The number of nitrogens with one attached hydrogen (secondary N) is 2. The van der Waals surface area contributed by atoms with Crippen molar-refractivity contribution in [1.29, 1.82) is 0 Å². The van der Waals surface area contributed by atoms with Gasteiger partial charge in [-0.15, -0.1) is 0 Å². The molecule has 1 aliphatic carbocycles. The number of halogens is 1. The van der Waals surface area contributed by atoms with Gasteiger partial charge in [0.1, 0.15) is 5.65 Å². The number of H-pyrrole nitrogens is 1. The van der Waals surface area contributed by atoms with Crippen LogP contribution < -0.4 is 5.32 Å². The Labute approximate surface area is 208 Å². The standard InChI is InChI=1S/C27H26ClN5O2/c1-27(35)9-12-33(15-27)22-13-16-3-2-4-20(28)23(16)24(22)32-26(34)17-5-6-21(31-14-17)18-7-10-29-25-19(18)8-11-30-25/h2-8,10-11,14,22,24,35H,9,12-13,15H2,1H3,(H,29,30)(H,32,34)/t22-,24+,27+/m1/s1. The first-order chi connectivity index (χ1) is 16.9. The molecule has 0 saturated carbocycles. The number of β-amino-alcohol motifs (C(OH)–C–C–N with tert-alkyl or cyclic N) is 1. The Morgan fingerprint density at radius 3 is 2.89 bits per heavy atom. The van der Waals surface area contributed by atoms with E-state index in [1.54, 1.807) is 18.5 Å². The van der Waals surface area contributed by atoms with Gasteiger partial charge in [-0.3, -0.25) is 14.7 Å². The number of pyridine rings is 2. The van der Waals surface area contributed by atoms with E-state index in [-0.39, 0.29) is 18.0 Å². The van der Waals surface area contributed by atoms with Gasteiger partial charge in [0.05, 0.1) is 22.9 Å². The van der Waals surface area contributed by atoms with Crippen LogP contribution in [0.4, 0.5) is 0 Å². The van der Waals surface area contributed by atoms with Crippen molar-refractivity contribution in [2.45, 2.75) is 37.5 Å². The van der Waals surface area contributed by atoms with Crippen LogP contribution in [0.15, 0.2) is 61.1 Å². The molecule has 178 valence electrons. The number of carbonyl (C=O) groups excluding carboxylic acids is 1. The van der Waals surface area contributed by atoms with E-state index in [9.17, 15) is 9.90 Å². The second kappa shape index (κ2) is 8.45. The molecule has 0 radical (unpaired) electrons. The topological polar surface area (TPSA) is 94.1 Å². The van der Waals surface area contributed by atoms with Gasteiger partial charge in [-0.2, -0.15) is 0 Å². The van der Waals surface area contributed by atoms with Crippen molar-refractivity contribution in [3.8, 4) is 11.3 Å². The fourth-order valence-electron chi connectivity index (χ4n) is 5.51. The molecular weight excluding hydrogens is 462 g/mol. The maximum absolute atomic E-state index is 13.4. The summed E-state index contributed by atoms with van der Waals surface area (Å²) in [7, 11) is 0. The van der Waals surface area contributed by atoms with Gasteiger partial charge >= 0.3 is 0 Å². The van der Waals surface area contributed by atoms with E-state index >= 15 is 0 Å². The summed E-state index contributed by atoms with van der Waals surface area (Å²) >= 11 is 6.61. The lowest BCUT2D eigenvalue weighted by atomic mass is 10.0. The lowest BCUT2D eigenvalue weighted by Gasteiger charge is -2.31. The van der Waals surface area contributed by atoms with Crippen LogP contribution in [0.25, 0.3) is 22.3 Å². The van der Waals surface area contributed by atoms with Crippen LogP contribution in [-0.4, -0.2) is 55.6 Å². The van der Waals surface area contributed by atoms with Gasteiger partial charge in [0.25, 0.3) is 5.91 Å². The predicted molar refractivity (Wildman–Crippen MR) is 135 cm³/mol. The number of amides is 1. The zero-order chi connectivity index (χ0) is 24.2. The second-order valence-corrected chi connectivity index (χ2v) is 10.2. The molecule has 35 heavy (non-hydrogen) atoms. The summed E-state index contributed by atoms with van der Waals surface area (Å²) in [6, 6.07) is 13.2. The monoisotopic (exact) mass is 487 g/mol. The van der Waals surface area contributed by atoms with E-state index in [0.717, 1.165) is 46.4 Å². The van der Waals surface area contributed by atoms with Gasteiger partial charge in [-0.1, -0.05) is 23.7 Å². The number of aromatic amines is 1. The zero-order valence-corrected chi connectivity index (χ0v) is 20.1. The first kappa shape index (κ1) is 22.2. The molecule has 3 N–H and O–H groups in total. The summed E-state index contributed by atoms with van der Waals surface area (Å²) in [6.45, 7) is 3.23. The molecule has 1 aliphatic heterocycles. The van der Waals surface area contributed by atoms with Crippen LogP contribution in [0.3, 0.4) is 0 Å². The van der Waals surface area contributed by atoms with Crippen LogP contribution >= 0.6 is 11.6 Å². The van der Waals surface area contributed by atoms with Crippen molar-refractivity contribution >= 4 is 28.5 Å². The van der Waals surface area contributed by atoms with Gasteiger partial charge in [0, 0.05) is 53.7 Å². The average Bonchev–Trinajstić information content (AvgIpc) is 3.56. The number of nitrogens with zero attached hydrogens (tertiary/aromatic N) is 3. The molecule has 2 aliphatic rings. The number of aromatic nitrogens is 3.